The highest BCUT2D eigenvalue weighted by Gasteiger charge is 2.32. The highest BCUT2D eigenvalue weighted by Crippen LogP contribution is 2.22. The Bertz CT molecular complexity index is 1270. The smallest absolute Gasteiger partial charge is 0.289 e. The molecule has 0 aliphatic carbocycles. The summed E-state index contributed by atoms with van der Waals surface area (Å²) in [5, 5.41) is 14.4. The summed E-state index contributed by atoms with van der Waals surface area (Å²) in [6.45, 7) is 1.25. The van der Waals surface area contributed by atoms with E-state index in [0.29, 0.717) is 15.6 Å². The van der Waals surface area contributed by atoms with Gasteiger partial charge in [0.2, 0.25) is 0 Å². The third-order valence-electron chi connectivity index (χ3n) is 4.43. The molecule has 1 atom stereocenters. The van der Waals surface area contributed by atoms with Crippen LogP contribution >= 0.6 is 0 Å². The Kier molecular flexibility index (Phi) is 6.81. The van der Waals surface area contributed by atoms with Crippen LogP contribution in [0.2, 0.25) is 0 Å². The third-order valence-corrected chi connectivity index (χ3v) is 6.88. The van der Waals surface area contributed by atoms with Crippen molar-refractivity contribution in [3.8, 4) is 0 Å². The summed E-state index contributed by atoms with van der Waals surface area (Å²) in [4.78, 5) is 22.9. The molecule has 13 heteroatoms. The van der Waals surface area contributed by atoms with Gasteiger partial charge in [0.05, 0.1) is 9.82 Å². The molecule has 3 rings (SSSR count). The zero-order valence-electron chi connectivity index (χ0n) is 16.5. The van der Waals surface area contributed by atoms with Gasteiger partial charge in [-0.1, -0.05) is 17.3 Å². The second kappa shape index (κ2) is 9.38. The SMILES string of the molecule is Cc1cc(C(=O)N(CCc2ccc(S(=O)[O-])cc2)S(=O)(=O)c2ccc([N+](=O)[O-])cc2)no1. The van der Waals surface area contributed by atoms with Gasteiger partial charge in [-0.15, -0.1) is 0 Å². The van der Waals surface area contributed by atoms with E-state index in [1.165, 1.54) is 30.3 Å². The van der Waals surface area contributed by atoms with E-state index in [1.54, 1.807) is 6.92 Å². The molecule has 0 saturated heterocycles. The minimum atomic E-state index is -4.39. The van der Waals surface area contributed by atoms with Crippen LogP contribution in [-0.4, -0.2) is 44.0 Å². The average molecular weight is 478 g/mol. The average Bonchev–Trinajstić information content (AvgIpc) is 3.20. The molecule has 0 radical (unpaired) electrons. The lowest BCUT2D eigenvalue weighted by atomic mass is 10.1. The maximum absolute atomic E-state index is 13.2. The van der Waals surface area contributed by atoms with E-state index in [-0.39, 0.29) is 34.1 Å². The van der Waals surface area contributed by atoms with Crippen molar-refractivity contribution < 1.29 is 31.4 Å². The van der Waals surface area contributed by atoms with Crippen molar-refractivity contribution in [3.63, 3.8) is 0 Å². The van der Waals surface area contributed by atoms with E-state index in [4.69, 9.17) is 4.52 Å². The highest BCUT2D eigenvalue weighted by atomic mass is 32.2. The van der Waals surface area contributed by atoms with E-state index < -0.39 is 31.9 Å². The van der Waals surface area contributed by atoms with Crippen LogP contribution in [0.25, 0.3) is 0 Å². The fourth-order valence-corrected chi connectivity index (χ4v) is 4.53. The summed E-state index contributed by atoms with van der Waals surface area (Å²) in [5.41, 5.74) is 0.0714. The molecule has 1 aromatic heterocycles. The molecule has 3 aromatic rings. The van der Waals surface area contributed by atoms with E-state index >= 15 is 0 Å². The molecule has 0 aliphatic heterocycles. The molecule has 0 bridgehead atoms. The summed E-state index contributed by atoms with van der Waals surface area (Å²) in [7, 11) is -4.39. The summed E-state index contributed by atoms with van der Waals surface area (Å²) < 4.78 is 53.8. The molecule has 0 saturated carbocycles. The highest BCUT2D eigenvalue weighted by molar-refractivity contribution is 7.89. The molecular weight excluding hydrogens is 462 g/mol. The van der Waals surface area contributed by atoms with Crippen LogP contribution in [0.5, 0.6) is 0 Å². The molecule has 11 nitrogen and oxygen atoms in total. The number of hydrogen-bond donors (Lipinski definition) is 0. The van der Waals surface area contributed by atoms with Crippen molar-refractivity contribution in [1.29, 1.82) is 0 Å². The van der Waals surface area contributed by atoms with Crippen molar-refractivity contribution in [1.82, 2.24) is 9.46 Å². The Balaban J connectivity index is 1.93. The Morgan fingerprint density at radius 2 is 1.78 bits per heavy atom. The van der Waals surface area contributed by atoms with E-state index in [9.17, 15) is 32.1 Å². The molecule has 168 valence electrons. The van der Waals surface area contributed by atoms with E-state index in [1.807, 2.05) is 0 Å². The minimum Gasteiger partial charge on any atom is -0.768 e. The molecule has 1 amide bonds. The number of rotatable bonds is 8. The van der Waals surface area contributed by atoms with E-state index in [0.717, 1.165) is 24.3 Å². The summed E-state index contributed by atoms with van der Waals surface area (Å²) in [6, 6.07) is 11.2. The van der Waals surface area contributed by atoms with Crippen molar-refractivity contribution >= 4 is 32.7 Å². The van der Waals surface area contributed by atoms with Gasteiger partial charge in [-0.25, -0.2) is 12.7 Å². The Labute approximate surface area is 185 Å². The first kappa shape index (κ1) is 23.2. The molecule has 32 heavy (non-hydrogen) atoms. The number of aromatic nitrogens is 1. The predicted molar refractivity (Wildman–Crippen MR) is 110 cm³/mol. The normalized spacial score (nSPS) is 12.3. The van der Waals surface area contributed by atoms with Crippen LogP contribution in [0.4, 0.5) is 5.69 Å². The van der Waals surface area contributed by atoms with Crippen LogP contribution in [0, 0.1) is 17.0 Å². The Morgan fingerprint density at radius 1 is 1.16 bits per heavy atom. The number of amides is 1. The number of aryl methyl sites for hydroxylation is 1. The van der Waals surface area contributed by atoms with Crippen molar-refractivity contribution in [2.75, 3.05) is 6.54 Å². The number of nitro benzene ring substituents is 1. The lowest BCUT2D eigenvalue weighted by Crippen LogP contribution is -2.38. The summed E-state index contributed by atoms with van der Waals surface area (Å²) in [5.74, 6) is -0.625. The topological polar surface area (TPSA) is 164 Å². The van der Waals surface area contributed by atoms with Crippen LogP contribution < -0.4 is 0 Å². The van der Waals surface area contributed by atoms with Crippen molar-refractivity contribution in [2.24, 2.45) is 0 Å². The molecular formula is C19H16N3O8S2-. The van der Waals surface area contributed by atoms with Gasteiger partial charge in [-0.3, -0.25) is 19.1 Å². The Hall–Kier alpha value is -3.42. The standard InChI is InChI=1S/C19H17N3O8S2/c1-13-12-18(20-30-13)19(23)21(11-10-14-2-6-16(7-3-14)31(26)27)32(28,29)17-8-4-15(5-9-17)22(24)25/h2-9,12H,10-11H2,1H3,(H,26,27)/p-1. The Morgan fingerprint density at radius 3 is 2.28 bits per heavy atom. The maximum Gasteiger partial charge on any atom is 0.289 e. The monoisotopic (exact) mass is 478 g/mol. The quantitative estimate of drug-likeness (QED) is 0.268. The van der Waals surface area contributed by atoms with Crippen LogP contribution in [0.3, 0.4) is 0 Å². The number of hydrogen-bond acceptors (Lipinski definition) is 9. The number of nitrogens with zero attached hydrogens (tertiary/aromatic N) is 3. The molecule has 2 aromatic carbocycles. The second-order valence-electron chi connectivity index (χ2n) is 6.58. The van der Waals surface area contributed by atoms with Crippen molar-refractivity contribution in [3.05, 3.63) is 81.7 Å². The summed E-state index contributed by atoms with van der Waals surface area (Å²) in [6.07, 6.45) is 0.0839. The molecule has 0 aliphatic rings. The second-order valence-corrected chi connectivity index (χ2v) is 9.39. The minimum absolute atomic E-state index is 0.0678. The molecule has 1 heterocycles. The fourth-order valence-electron chi connectivity index (χ4n) is 2.79. The molecule has 0 N–H and O–H groups in total. The number of carbonyl (C=O) groups is 1. The van der Waals surface area contributed by atoms with Crippen molar-refractivity contribution in [2.45, 2.75) is 23.1 Å². The third kappa shape index (κ3) is 5.07. The van der Waals surface area contributed by atoms with Crippen LogP contribution in [0.15, 0.2) is 68.9 Å². The van der Waals surface area contributed by atoms with Gasteiger partial charge in [-0.05, 0) is 54.3 Å². The number of non-ortho nitro benzene ring substituents is 1. The predicted octanol–water partition coefficient (Wildman–Crippen LogP) is 2.20. The van der Waals surface area contributed by atoms with Gasteiger partial charge in [0.1, 0.15) is 5.76 Å². The molecule has 0 fully saturated rings. The fraction of sp³-hybridized carbons (Fsp3) is 0.158. The number of nitro groups is 1. The van der Waals surface area contributed by atoms with Gasteiger partial charge in [0.15, 0.2) is 5.69 Å². The van der Waals surface area contributed by atoms with Gasteiger partial charge in [-0.2, -0.15) is 0 Å². The lowest BCUT2D eigenvalue weighted by Gasteiger charge is -2.21. The lowest BCUT2D eigenvalue weighted by molar-refractivity contribution is -0.384. The largest absolute Gasteiger partial charge is 0.768 e. The van der Waals surface area contributed by atoms with Gasteiger partial charge in [0, 0.05) is 29.6 Å². The molecule has 1 unspecified atom stereocenters. The maximum atomic E-state index is 13.2. The zero-order valence-corrected chi connectivity index (χ0v) is 18.2. The van der Waals surface area contributed by atoms with Crippen LogP contribution in [-0.2, 0) is 27.5 Å². The van der Waals surface area contributed by atoms with E-state index in [2.05, 4.69) is 5.16 Å². The number of carbonyl (C=O) groups excluding carboxylic acids is 1. The first-order valence-electron chi connectivity index (χ1n) is 9.02. The van der Waals surface area contributed by atoms with Gasteiger partial charge < -0.3 is 9.08 Å². The van der Waals surface area contributed by atoms with Gasteiger partial charge >= 0.3 is 0 Å². The van der Waals surface area contributed by atoms with Crippen LogP contribution in [0.1, 0.15) is 21.8 Å². The first-order chi connectivity index (χ1) is 15.1. The first-order valence-corrected chi connectivity index (χ1v) is 11.5. The summed E-state index contributed by atoms with van der Waals surface area (Å²) >= 11 is -2.40. The number of sulfonamides is 1. The van der Waals surface area contributed by atoms with Gasteiger partial charge in [0.25, 0.3) is 21.6 Å². The zero-order chi connectivity index (χ0) is 23.5. The number of benzene rings is 2. The molecule has 0 spiro atoms.